The Balaban J connectivity index is 2.77. The molecule has 0 spiro atoms. The Morgan fingerprint density at radius 2 is 2.38 bits per heavy atom. The predicted molar refractivity (Wildman–Crippen MR) is 59.3 cm³/mol. The molecule has 0 aliphatic heterocycles. The highest BCUT2D eigenvalue weighted by atomic mass is 35.5. The molecule has 1 heterocycles. The van der Waals surface area contributed by atoms with Gasteiger partial charge < -0.3 is 5.73 Å². The van der Waals surface area contributed by atoms with Crippen LogP contribution in [0.5, 0.6) is 0 Å². The van der Waals surface area contributed by atoms with Crippen molar-refractivity contribution >= 4 is 29.1 Å². The van der Waals surface area contributed by atoms with Crippen LogP contribution >= 0.6 is 23.4 Å². The fraction of sp³-hybridized carbons (Fsp3) is 0.444. The molecule has 1 rings (SSSR count). The quantitative estimate of drug-likeness (QED) is 0.789. The maximum atomic E-state index is 5.97. The Morgan fingerprint density at radius 1 is 1.69 bits per heavy atom. The van der Waals surface area contributed by atoms with Crippen LogP contribution in [0.4, 0.5) is 5.69 Å². The summed E-state index contributed by atoms with van der Waals surface area (Å²) in [4.78, 5) is 4.17. The molecule has 2 N–H and O–H groups in total. The Labute approximate surface area is 87.9 Å². The zero-order valence-corrected chi connectivity index (χ0v) is 9.32. The van der Waals surface area contributed by atoms with Crippen molar-refractivity contribution in [2.24, 2.45) is 0 Å². The Hall–Kier alpha value is -0.410. The number of thioether (sulfide) groups is 1. The third kappa shape index (κ3) is 3.08. The number of nitrogens with zero attached hydrogens (tertiary/aromatic N) is 1. The molecule has 1 aromatic rings. The van der Waals surface area contributed by atoms with Crippen LogP contribution in [0, 0.1) is 0 Å². The number of hydrogen-bond acceptors (Lipinski definition) is 3. The smallest absolute Gasteiger partial charge is 0.115 e. The van der Waals surface area contributed by atoms with Gasteiger partial charge in [-0.2, -0.15) is 0 Å². The van der Waals surface area contributed by atoms with Gasteiger partial charge in [0.2, 0.25) is 0 Å². The average molecular weight is 217 g/mol. The zero-order chi connectivity index (χ0) is 9.84. The van der Waals surface area contributed by atoms with Crippen LogP contribution in [0.2, 0.25) is 5.02 Å². The Kier molecular flexibility index (Phi) is 3.88. The second-order valence-electron chi connectivity index (χ2n) is 2.89. The monoisotopic (exact) mass is 216 g/mol. The summed E-state index contributed by atoms with van der Waals surface area (Å²) in [6, 6.07) is 1.74. The summed E-state index contributed by atoms with van der Waals surface area (Å²) in [7, 11) is 0. The molecule has 4 heteroatoms. The van der Waals surface area contributed by atoms with Gasteiger partial charge in [-0.1, -0.05) is 25.4 Å². The van der Waals surface area contributed by atoms with Crippen molar-refractivity contribution < 1.29 is 0 Å². The van der Waals surface area contributed by atoms with Crippen molar-refractivity contribution in [2.45, 2.75) is 30.5 Å². The molecule has 0 bridgehead atoms. The number of pyridine rings is 1. The molecule has 1 aromatic heterocycles. The minimum absolute atomic E-state index is 0.536. The summed E-state index contributed by atoms with van der Waals surface area (Å²) in [5.74, 6) is 0. The Morgan fingerprint density at radius 3 is 2.92 bits per heavy atom. The van der Waals surface area contributed by atoms with Crippen LogP contribution in [0.1, 0.15) is 20.3 Å². The number of aromatic nitrogens is 1. The van der Waals surface area contributed by atoms with E-state index in [1.807, 2.05) is 0 Å². The van der Waals surface area contributed by atoms with Crippen LogP contribution in [0.25, 0.3) is 0 Å². The molecule has 0 aliphatic rings. The first kappa shape index (κ1) is 10.7. The van der Waals surface area contributed by atoms with Gasteiger partial charge in [0.1, 0.15) is 5.03 Å². The summed E-state index contributed by atoms with van der Waals surface area (Å²) in [6.07, 6.45) is 2.74. The van der Waals surface area contributed by atoms with E-state index < -0.39 is 0 Å². The number of nitrogen functional groups attached to an aromatic ring is 1. The highest BCUT2D eigenvalue weighted by Crippen LogP contribution is 2.30. The number of hydrogen-bond donors (Lipinski definition) is 1. The van der Waals surface area contributed by atoms with E-state index in [2.05, 4.69) is 18.8 Å². The van der Waals surface area contributed by atoms with Gasteiger partial charge in [-0.25, -0.2) is 4.98 Å². The molecule has 13 heavy (non-hydrogen) atoms. The molecular formula is C9H13ClN2S. The third-order valence-electron chi connectivity index (χ3n) is 1.72. The maximum Gasteiger partial charge on any atom is 0.115 e. The molecule has 0 saturated carbocycles. The van der Waals surface area contributed by atoms with Gasteiger partial charge in [0.05, 0.1) is 16.9 Å². The first-order chi connectivity index (χ1) is 6.13. The van der Waals surface area contributed by atoms with Gasteiger partial charge in [-0.3, -0.25) is 0 Å². The van der Waals surface area contributed by atoms with Gasteiger partial charge >= 0.3 is 0 Å². The van der Waals surface area contributed by atoms with Gasteiger partial charge in [0.25, 0.3) is 0 Å². The number of rotatable bonds is 3. The van der Waals surface area contributed by atoms with Crippen molar-refractivity contribution in [1.82, 2.24) is 4.98 Å². The normalized spacial score (nSPS) is 12.8. The van der Waals surface area contributed by atoms with E-state index in [9.17, 15) is 0 Å². The van der Waals surface area contributed by atoms with E-state index in [1.165, 1.54) is 0 Å². The highest BCUT2D eigenvalue weighted by molar-refractivity contribution is 7.99. The Bertz CT molecular complexity index is 291. The maximum absolute atomic E-state index is 5.97. The van der Waals surface area contributed by atoms with Crippen LogP contribution in [0.3, 0.4) is 0 Å². The van der Waals surface area contributed by atoms with Crippen molar-refractivity contribution in [1.29, 1.82) is 0 Å². The SMILES string of the molecule is CCC(C)Sc1ncc(N)cc1Cl. The third-order valence-corrected chi connectivity index (χ3v) is 3.40. The lowest BCUT2D eigenvalue weighted by molar-refractivity contribution is 0.901. The van der Waals surface area contributed by atoms with Gasteiger partial charge in [-0.15, -0.1) is 11.8 Å². The van der Waals surface area contributed by atoms with Crippen LogP contribution < -0.4 is 5.73 Å². The largest absolute Gasteiger partial charge is 0.397 e. The molecule has 0 radical (unpaired) electrons. The van der Waals surface area contributed by atoms with Crippen LogP contribution in [0.15, 0.2) is 17.3 Å². The van der Waals surface area contributed by atoms with Gasteiger partial charge in [-0.05, 0) is 12.5 Å². The fourth-order valence-electron chi connectivity index (χ4n) is 0.801. The standard InChI is InChI=1S/C9H13ClN2S/c1-3-6(2)13-9-8(10)4-7(11)5-12-9/h4-6H,3,11H2,1-2H3. The van der Waals surface area contributed by atoms with E-state index in [-0.39, 0.29) is 0 Å². The second-order valence-corrected chi connectivity index (χ2v) is 4.73. The minimum atomic E-state index is 0.536. The summed E-state index contributed by atoms with van der Waals surface area (Å²) in [6.45, 7) is 4.29. The van der Waals surface area contributed by atoms with Gasteiger partial charge in [0.15, 0.2) is 0 Å². The lowest BCUT2D eigenvalue weighted by Crippen LogP contribution is -1.95. The molecule has 72 valence electrons. The first-order valence-electron chi connectivity index (χ1n) is 4.21. The van der Waals surface area contributed by atoms with Crippen molar-refractivity contribution in [3.05, 3.63) is 17.3 Å². The van der Waals surface area contributed by atoms with Crippen LogP contribution in [-0.2, 0) is 0 Å². The minimum Gasteiger partial charge on any atom is -0.397 e. The molecule has 0 fully saturated rings. The average Bonchev–Trinajstić information content (AvgIpc) is 2.09. The lowest BCUT2D eigenvalue weighted by atomic mass is 10.4. The molecule has 1 atom stereocenters. The summed E-state index contributed by atoms with van der Waals surface area (Å²) < 4.78 is 0. The topological polar surface area (TPSA) is 38.9 Å². The molecule has 0 saturated heterocycles. The summed E-state index contributed by atoms with van der Waals surface area (Å²) in [5, 5.41) is 2.05. The predicted octanol–water partition coefficient (Wildman–Crippen LogP) is 3.21. The van der Waals surface area contributed by atoms with E-state index in [1.54, 1.807) is 24.0 Å². The highest BCUT2D eigenvalue weighted by Gasteiger charge is 2.07. The van der Waals surface area contributed by atoms with E-state index in [0.717, 1.165) is 11.4 Å². The summed E-state index contributed by atoms with van der Waals surface area (Å²) >= 11 is 7.65. The molecular weight excluding hydrogens is 204 g/mol. The van der Waals surface area contributed by atoms with E-state index in [0.29, 0.717) is 16.0 Å². The van der Waals surface area contributed by atoms with Crippen molar-refractivity contribution in [2.75, 3.05) is 5.73 Å². The molecule has 0 amide bonds. The number of anilines is 1. The first-order valence-corrected chi connectivity index (χ1v) is 5.47. The fourth-order valence-corrected chi connectivity index (χ4v) is 1.94. The second kappa shape index (κ2) is 4.72. The van der Waals surface area contributed by atoms with Crippen molar-refractivity contribution in [3.63, 3.8) is 0 Å². The molecule has 1 unspecified atom stereocenters. The lowest BCUT2D eigenvalue weighted by Gasteiger charge is -2.08. The van der Waals surface area contributed by atoms with Gasteiger partial charge in [0, 0.05) is 5.25 Å². The summed E-state index contributed by atoms with van der Waals surface area (Å²) in [5.41, 5.74) is 6.14. The number of halogens is 1. The zero-order valence-electron chi connectivity index (χ0n) is 7.75. The number of nitrogens with two attached hydrogens (primary N) is 1. The molecule has 0 aliphatic carbocycles. The molecule has 0 aromatic carbocycles. The van der Waals surface area contributed by atoms with Crippen molar-refractivity contribution in [3.8, 4) is 0 Å². The van der Waals surface area contributed by atoms with E-state index >= 15 is 0 Å². The molecule has 2 nitrogen and oxygen atoms in total. The van der Waals surface area contributed by atoms with E-state index in [4.69, 9.17) is 17.3 Å². The van der Waals surface area contributed by atoms with Crippen LogP contribution in [-0.4, -0.2) is 10.2 Å².